The average Bonchev–Trinajstić information content (AvgIpc) is 3.01. The number of nitrogens with one attached hydrogen (secondary N) is 1. The monoisotopic (exact) mass is 519 g/mol. The van der Waals surface area contributed by atoms with Gasteiger partial charge in [0.15, 0.2) is 5.82 Å². The van der Waals surface area contributed by atoms with Crippen LogP contribution in [0.3, 0.4) is 0 Å². The van der Waals surface area contributed by atoms with E-state index >= 15 is 0 Å². The number of nitrogens with zero attached hydrogens (tertiary/aromatic N) is 4. The van der Waals surface area contributed by atoms with Crippen LogP contribution in [-0.4, -0.2) is 51.9 Å². The Morgan fingerprint density at radius 2 is 1.72 bits per heavy atom. The molecule has 0 unspecified atom stereocenters. The Kier molecular flexibility index (Phi) is 8.02. The number of methoxy groups -OCH3 is 1. The van der Waals surface area contributed by atoms with Gasteiger partial charge in [-0.2, -0.15) is 0 Å². The number of ether oxygens (including phenoxy) is 1. The van der Waals surface area contributed by atoms with Crippen LogP contribution in [0.1, 0.15) is 40.2 Å². The molecular formula is C31H29N5O3. The first-order valence-electron chi connectivity index (χ1n) is 12.8. The highest BCUT2D eigenvalue weighted by Crippen LogP contribution is 2.29. The van der Waals surface area contributed by atoms with Crippen molar-refractivity contribution in [1.29, 1.82) is 0 Å². The summed E-state index contributed by atoms with van der Waals surface area (Å²) in [5.74, 6) is 1.34. The van der Waals surface area contributed by atoms with E-state index < -0.39 is 0 Å². The molecule has 2 aromatic carbocycles. The molecule has 1 N–H and O–H groups in total. The van der Waals surface area contributed by atoms with E-state index in [1.807, 2.05) is 71.6 Å². The van der Waals surface area contributed by atoms with Crippen molar-refractivity contribution in [3.63, 3.8) is 0 Å². The summed E-state index contributed by atoms with van der Waals surface area (Å²) < 4.78 is 5.21. The maximum Gasteiger partial charge on any atom is 0.256 e. The SMILES string of the molecule is COc1cccc(/C=C/C(=O)Nc2ccc(C3CCN(C(=O)c4cnc(-c5ccccn5)nc4)CC3)cc2)c1. The predicted octanol–water partition coefficient (Wildman–Crippen LogP) is 5.22. The summed E-state index contributed by atoms with van der Waals surface area (Å²) in [6.07, 6.45) is 9.83. The van der Waals surface area contributed by atoms with Gasteiger partial charge in [-0.05, 0) is 72.4 Å². The number of hydrogen-bond acceptors (Lipinski definition) is 6. The van der Waals surface area contributed by atoms with Crippen molar-refractivity contribution in [2.75, 3.05) is 25.5 Å². The van der Waals surface area contributed by atoms with Crippen molar-refractivity contribution in [2.24, 2.45) is 0 Å². The zero-order valence-corrected chi connectivity index (χ0v) is 21.7. The van der Waals surface area contributed by atoms with Gasteiger partial charge < -0.3 is 15.0 Å². The van der Waals surface area contributed by atoms with E-state index in [0.717, 1.165) is 29.8 Å². The highest BCUT2D eigenvalue weighted by atomic mass is 16.5. The van der Waals surface area contributed by atoms with Crippen LogP contribution in [0.15, 0.2) is 91.4 Å². The fourth-order valence-corrected chi connectivity index (χ4v) is 4.60. The molecule has 0 bridgehead atoms. The minimum Gasteiger partial charge on any atom is -0.497 e. The van der Waals surface area contributed by atoms with E-state index in [-0.39, 0.29) is 11.8 Å². The summed E-state index contributed by atoms with van der Waals surface area (Å²) in [5, 5.41) is 2.90. The molecule has 1 fully saturated rings. The molecule has 196 valence electrons. The number of likely N-dealkylation sites (tertiary alicyclic amines) is 1. The lowest BCUT2D eigenvalue weighted by Gasteiger charge is -2.32. The van der Waals surface area contributed by atoms with Gasteiger partial charge in [0.25, 0.3) is 5.91 Å². The predicted molar refractivity (Wildman–Crippen MR) is 150 cm³/mol. The standard InChI is InChI=1S/C31H29N5O3/c1-39-27-6-4-5-22(19-27)8-13-29(37)35-26-11-9-23(10-12-26)24-14-17-36(18-15-24)31(38)25-20-33-30(34-21-25)28-7-2-3-16-32-28/h2-13,16,19-21,24H,14-15,17-18H2,1H3,(H,35,37)/b13-8+. The summed E-state index contributed by atoms with van der Waals surface area (Å²) in [6.45, 7) is 1.33. The highest BCUT2D eigenvalue weighted by molar-refractivity contribution is 6.02. The van der Waals surface area contributed by atoms with Crippen LogP contribution in [0.5, 0.6) is 5.75 Å². The maximum absolute atomic E-state index is 13.0. The summed E-state index contributed by atoms with van der Waals surface area (Å²) >= 11 is 0. The third-order valence-electron chi connectivity index (χ3n) is 6.75. The fourth-order valence-electron chi connectivity index (χ4n) is 4.60. The lowest BCUT2D eigenvalue weighted by molar-refractivity contribution is -0.111. The van der Waals surface area contributed by atoms with Crippen molar-refractivity contribution in [1.82, 2.24) is 19.9 Å². The van der Waals surface area contributed by atoms with Crippen LogP contribution in [0, 0.1) is 0 Å². The number of aromatic nitrogens is 3. The van der Waals surface area contributed by atoms with E-state index in [9.17, 15) is 9.59 Å². The second kappa shape index (κ2) is 12.1. The Balaban J connectivity index is 1.12. The molecule has 5 rings (SSSR count). The van der Waals surface area contributed by atoms with Gasteiger partial charge in [-0.15, -0.1) is 0 Å². The van der Waals surface area contributed by atoms with Gasteiger partial charge in [0.2, 0.25) is 5.91 Å². The molecule has 0 spiro atoms. The second-order valence-corrected chi connectivity index (χ2v) is 9.30. The molecular weight excluding hydrogens is 490 g/mol. The topological polar surface area (TPSA) is 97.3 Å². The zero-order valence-electron chi connectivity index (χ0n) is 21.7. The first-order valence-corrected chi connectivity index (χ1v) is 12.8. The molecule has 0 saturated carbocycles. The lowest BCUT2D eigenvalue weighted by Crippen LogP contribution is -2.38. The van der Waals surface area contributed by atoms with Crippen LogP contribution in [0.2, 0.25) is 0 Å². The van der Waals surface area contributed by atoms with Crippen molar-refractivity contribution in [2.45, 2.75) is 18.8 Å². The van der Waals surface area contributed by atoms with Crippen LogP contribution in [-0.2, 0) is 4.79 Å². The summed E-state index contributed by atoms with van der Waals surface area (Å²) in [6, 6.07) is 21.0. The van der Waals surface area contributed by atoms with Crippen LogP contribution >= 0.6 is 0 Å². The molecule has 2 amide bonds. The van der Waals surface area contributed by atoms with Crippen molar-refractivity contribution in [3.05, 3.63) is 108 Å². The van der Waals surface area contributed by atoms with E-state index in [1.54, 1.807) is 31.8 Å². The number of carbonyl (C=O) groups is 2. The summed E-state index contributed by atoms with van der Waals surface area (Å²) in [7, 11) is 1.61. The van der Waals surface area contributed by atoms with Crippen LogP contribution in [0.4, 0.5) is 5.69 Å². The molecule has 1 saturated heterocycles. The van der Waals surface area contributed by atoms with Gasteiger partial charge >= 0.3 is 0 Å². The third-order valence-corrected chi connectivity index (χ3v) is 6.75. The number of pyridine rings is 1. The fraction of sp³-hybridized carbons (Fsp3) is 0.194. The lowest BCUT2D eigenvalue weighted by atomic mass is 9.89. The summed E-state index contributed by atoms with van der Waals surface area (Å²) in [5.41, 5.74) is 3.98. The van der Waals surface area contributed by atoms with Gasteiger partial charge in [-0.1, -0.05) is 30.3 Å². The van der Waals surface area contributed by atoms with Gasteiger partial charge in [0, 0.05) is 43.4 Å². The highest BCUT2D eigenvalue weighted by Gasteiger charge is 2.25. The molecule has 0 radical (unpaired) electrons. The number of anilines is 1. The first kappa shape index (κ1) is 25.8. The maximum atomic E-state index is 13.0. The molecule has 39 heavy (non-hydrogen) atoms. The van der Waals surface area contributed by atoms with Crippen LogP contribution < -0.4 is 10.1 Å². The molecule has 0 aliphatic carbocycles. The molecule has 4 aromatic rings. The minimum atomic E-state index is -0.200. The third kappa shape index (κ3) is 6.54. The normalized spacial score (nSPS) is 13.8. The van der Waals surface area contributed by atoms with Crippen molar-refractivity contribution < 1.29 is 14.3 Å². The number of benzene rings is 2. The van der Waals surface area contributed by atoms with Crippen molar-refractivity contribution >= 4 is 23.6 Å². The molecule has 1 aliphatic rings. The summed E-state index contributed by atoms with van der Waals surface area (Å²) in [4.78, 5) is 40.1. The Hall–Kier alpha value is -4.85. The molecule has 3 heterocycles. The second-order valence-electron chi connectivity index (χ2n) is 9.30. The molecule has 8 nitrogen and oxygen atoms in total. The number of piperidine rings is 1. The number of hydrogen-bond donors (Lipinski definition) is 1. The van der Waals surface area contributed by atoms with E-state index in [0.29, 0.717) is 36.1 Å². The van der Waals surface area contributed by atoms with Crippen molar-refractivity contribution in [3.8, 4) is 17.3 Å². The smallest absolute Gasteiger partial charge is 0.256 e. The first-order chi connectivity index (χ1) is 19.1. The minimum absolute atomic E-state index is 0.0546. The largest absolute Gasteiger partial charge is 0.497 e. The van der Waals surface area contributed by atoms with E-state index in [2.05, 4.69) is 20.3 Å². The quantitative estimate of drug-likeness (QED) is 0.336. The van der Waals surface area contributed by atoms with Gasteiger partial charge in [-0.3, -0.25) is 14.6 Å². The molecule has 2 aromatic heterocycles. The number of rotatable bonds is 7. The molecule has 8 heteroatoms. The Bertz CT molecular complexity index is 1450. The van der Waals surface area contributed by atoms with E-state index in [4.69, 9.17) is 4.74 Å². The molecule has 0 atom stereocenters. The van der Waals surface area contributed by atoms with E-state index in [1.165, 1.54) is 11.6 Å². The van der Waals surface area contributed by atoms with Gasteiger partial charge in [0.1, 0.15) is 11.4 Å². The Morgan fingerprint density at radius 3 is 2.41 bits per heavy atom. The zero-order chi connectivity index (χ0) is 27.0. The van der Waals surface area contributed by atoms with Crippen LogP contribution in [0.25, 0.3) is 17.6 Å². The number of carbonyl (C=O) groups excluding carboxylic acids is 2. The average molecular weight is 520 g/mol. The Morgan fingerprint density at radius 1 is 0.949 bits per heavy atom. The number of amides is 2. The van der Waals surface area contributed by atoms with Gasteiger partial charge in [0.05, 0.1) is 12.7 Å². The Labute approximate surface area is 227 Å². The molecule has 1 aliphatic heterocycles. The van der Waals surface area contributed by atoms with Gasteiger partial charge in [-0.25, -0.2) is 9.97 Å².